The molecule has 0 spiro atoms. The fourth-order valence-corrected chi connectivity index (χ4v) is 3.65. The lowest BCUT2D eigenvalue weighted by atomic mass is 10.3. The number of hydrogen-bond acceptors (Lipinski definition) is 6. The van der Waals surface area contributed by atoms with Crippen LogP contribution in [0.3, 0.4) is 0 Å². The summed E-state index contributed by atoms with van der Waals surface area (Å²) in [7, 11) is -3.84. The average Bonchev–Trinajstić information content (AvgIpc) is 2.94. The molecule has 2 heterocycles. The molecular weight excluding hydrogens is 366 g/mol. The summed E-state index contributed by atoms with van der Waals surface area (Å²) < 4.78 is 26.3. The number of imidazole rings is 1. The van der Waals surface area contributed by atoms with Crippen molar-refractivity contribution in [2.75, 3.05) is 11.6 Å². The Balaban J connectivity index is 1.98. The fourth-order valence-electron chi connectivity index (χ4n) is 2.80. The first-order chi connectivity index (χ1) is 12.9. The summed E-state index contributed by atoms with van der Waals surface area (Å²) in [6.45, 7) is 0. The van der Waals surface area contributed by atoms with Crippen molar-refractivity contribution < 1.29 is 8.42 Å². The van der Waals surface area contributed by atoms with Gasteiger partial charge < -0.3 is 5.32 Å². The van der Waals surface area contributed by atoms with Crippen molar-refractivity contribution in [1.82, 2.24) is 18.5 Å². The van der Waals surface area contributed by atoms with Crippen molar-refractivity contribution >= 4 is 32.8 Å². The van der Waals surface area contributed by atoms with Crippen molar-refractivity contribution in [1.29, 1.82) is 0 Å². The predicted octanol–water partition coefficient (Wildman–Crippen LogP) is 2.13. The second kappa shape index (κ2) is 6.36. The molecule has 0 radical (unpaired) electrons. The molecule has 0 aliphatic heterocycles. The molecule has 27 heavy (non-hydrogen) atoms. The van der Waals surface area contributed by atoms with Crippen LogP contribution in [0.15, 0.2) is 71.7 Å². The summed E-state index contributed by atoms with van der Waals surface area (Å²) in [5.74, 6) is 0.254. The van der Waals surface area contributed by atoms with Gasteiger partial charge in [0.15, 0.2) is 5.65 Å². The van der Waals surface area contributed by atoms with Crippen LogP contribution in [0.1, 0.15) is 0 Å². The maximum atomic E-state index is 12.9. The Kier molecular flexibility index (Phi) is 4.00. The van der Waals surface area contributed by atoms with E-state index in [4.69, 9.17) is 0 Å². The van der Waals surface area contributed by atoms with Crippen molar-refractivity contribution in [2.24, 2.45) is 0 Å². The third kappa shape index (κ3) is 3.08. The maximum Gasteiger partial charge on any atom is 0.348 e. The number of nitrogens with zero attached hydrogens (tertiary/aromatic N) is 4. The molecule has 4 aromatic rings. The van der Waals surface area contributed by atoms with Crippen LogP contribution >= 0.6 is 0 Å². The van der Waals surface area contributed by atoms with E-state index in [2.05, 4.69) is 15.3 Å². The van der Waals surface area contributed by atoms with E-state index < -0.39 is 15.7 Å². The van der Waals surface area contributed by atoms with Crippen molar-refractivity contribution in [3.8, 4) is 5.69 Å². The lowest BCUT2D eigenvalue weighted by Crippen LogP contribution is -2.28. The first kappa shape index (κ1) is 17.0. The second-order valence-corrected chi connectivity index (χ2v) is 7.71. The summed E-state index contributed by atoms with van der Waals surface area (Å²) in [4.78, 5) is 21.4. The first-order valence-corrected chi connectivity index (χ1v) is 9.88. The van der Waals surface area contributed by atoms with E-state index in [9.17, 15) is 13.2 Å². The molecule has 0 atom stereocenters. The lowest BCUT2D eigenvalue weighted by molar-refractivity contribution is 0.592. The fraction of sp³-hybridized carbons (Fsp3) is 0.0556. The molecule has 4 rings (SSSR count). The molecule has 0 aliphatic carbocycles. The van der Waals surface area contributed by atoms with Crippen LogP contribution in [0.25, 0.3) is 16.9 Å². The molecule has 0 amide bonds. The maximum absolute atomic E-state index is 12.9. The van der Waals surface area contributed by atoms with Crippen LogP contribution in [0, 0.1) is 0 Å². The quantitative estimate of drug-likeness (QED) is 0.581. The van der Waals surface area contributed by atoms with Crippen LogP contribution in [-0.2, 0) is 10.0 Å². The number of hydrogen-bond donors (Lipinski definition) is 1. The van der Waals surface area contributed by atoms with Gasteiger partial charge in [0, 0.05) is 5.69 Å². The Hall–Kier alpha value is -3.46. The molecule has 0 saturated heterocycles. The highest BCUT2D eigenvalue weighted by atomic mass is 32.2. The van der Waals surface area contributed by atoms with E-state index in [0.29, 0.717) is 9.66 Å². The zero-order valence-corrected chi connectivity index (χ0v) is 15.1. The number of rotatable bonds is 4. The van der Waals surface area contributed by atoms with Gasteiger partial charge in [0.1, 0.15) is 5.52 Å². The van der Waals surface area contributed by atoms with Crippen molar-refractivity contribution in [3.63, 3.8) is 0 Å². The minimum atomic E-state index is -3.84. The monoisotopic (exact) mass is 381 g/mol. The van der Waals surface area contributed by atoms with E-state index in [1.54, 1.807) is 24.3 Å². The van der Waals surface area contributed by atoms with Gasteiger partial charge in [-0.1, -0.05) is 36.4 Å². The smallest absolute Gasteiger partial charge is 0.324 e. The number of fused-ring (bicyclic) bond motifs is 1. The molecule has 0 saturated carbocycles. The highest BCUT2D eigenvalue weighted by molar-refractivity contribution is 7.89. The SMILES string of the molecule is CS(=O)(=O)n1c(=O)n(-c2ccccc2)c2nc(Nc3ccccc3)ncc21. The Morgan fingerprint density at radius 3 is 2.22 bits per heavy atom. The van der Waals surface area contributed by atoms with Gasteiger partial charge in [0.25, 0.3) is 0 Å². The van der Waals surface area contributed by atoms with Crippen LogP contribution in [0.4, 0.5) is 11.6 Å². The van der Waals surface area contributed by atoms with Gasteiger partial charge in [0.05, 0.1) is 18.1 Å². The van der Waals surface area contributed by atoms with E-state index in [-0.39, 0.29) is 17.1 Å². The average molecular weight is 381 g/mol. The van der Waals surface area contributed by atoms with Gasteiger partial charge in [-0.25, -0.2) is 22.8 Å². The van der Waals surface area contributed by atoms with Crippen LogP contribution in [-0.4, -0.2) is 33.2 Å². The molecule has 0 fully saturated rings. The van der Waals surface area contributed by atoms with E-state index >= 15 is 0 Å². The molecule has 9 heteroatoms. The van der Waals surface area contributed by atoms with Crippen molar-refractivity contribution in [3.05, 3.63) is 77.3 Å². The molecule has 136 valence electrons. The highest BCUT2D eigenvalue weighted by Crippen LogP contribution is 2.19. The number of nitrogens with one attached hydrogen (secondary N) is 1. The number of anilines is 2. The summed E-state index contributed by atoms with van der Waals surface area (Å²) in [5, 5.41) is 3.05. The molecule has 8 nitrogen and oxygen atoms in total. The minimum Gasteiger partial charge on any atom is -0.324 e. The Labute approximate surface area is 154 Å². The standard InChI is InChI=1S/C18H15N5O3S/c1-27(25,26)23-15-12-19-17(20-13-8-4-2-5-9-13)21-16(15)22(18(23)24)14-10-6-3-7-11-14/h2-12H,1H3,(H,19,20,21). The summed E-state index contributed by atoms with van der Waals surface area (Å²) in [5.41, 5.74) is 0.882. The number of benzene rings is 2. The normalized spacial score (nSPS) is 11.6. The Morgan fingerprint density at radius 2 is 1.59 bits per heavy atom. The summed E-state index contributed by atoms with van der Waals surface area (Å²) >= 11 is 0. The second-order valence-electron chi connectivity index (χ2n) is 5.87. The van der Waals surface area contributed by atoms with E-state index in [1.807, 2.05) is 36.4 Å². The highest BCUT2D eigenvalue weighted by Gasteiger charge is 2.22. The van der Waals surface area contributed by atoms with Crippen LogP contribution in [0.2, 0.25) is 0 Å². The van der Waals surface area contributed by atoms with Gasteiger partial charge >= 0.3 is 5.69 Å². The molecule has 1 N–H and O–H groups in total. The third-order valence-electron chi connectivity index (χ3n) is 3.92. The topological polar surface area (TPSA) is 98.9 Å². The van der Waals surface area contributed by atoms with E-state index in [1.165, 1.54) is 10.8 Å². The molecule has 0 unspecified atom stereocenters. The molecule has 0 bridgehead atoms. The first-order valence-electron chi connectivity index (χ1n) is 8.04. The van der Waals surface area contributed by atoms with Gasteiger partial charge in [-0.3, -0.25) is 0 Å². The molecule has 0 aliphatic rings. The van der Waals surface area contributed by atoms with Crippen LogP contribution < -0.4 is 11.0 Å². The summed E-state index contributed by atoms with van der Waals surface area (Å²) in [6, 6.07) is 18.0. The van der Waals surface area contributed by atoms with Gasteiger partial charge in [-0.05, 0) is 24.3 Å². The number of para-hydroxylation sites is 2. The van der Waals surface area contributed by atoms with Gasteiger partial charge in [-0.15, -0.1) is 0 Å². The third-order valence-corrected chi connectivity index (χ3v) is 4.94. The Bertz CT molecular complexity index is 1280. The molecule has 2 aromatic carbocycles. The zero-order valence-electron chi connectivity index (χ0n) is 14.3. The van der Waals surface area contributed by atoms with Crippen LogP contribution in [0.5, 0.6) is 0 Å². The molecular formula is C18H15N5O3S. The zero-order chi connectivity index (χ0) is 19.0. The Morgan fingerprint density at radius 1 is 0.963 bits per heavy atom. The summed E-state index contributed by atoms with van der Waals surface area (Å²) in [6.07, 6.45) is 2.30. The van der Waals surface area contributed by atoms with E-state index in [0.717, 1.165) is 11.9 Å². The minimum absolute atomic E-state index is 0.116. The number of aromatic nitrogens is 4. The van der Waals surface area contributed by atoms with Crippen molar-refractivity contribution in [2.45, 2.75) is 0 Å². The molecule has 2 aromatic heterocycles. The lowest BCUT2D eigenvalue weighted by Gasteiger charge is -2.06. The van der Waals surface area contributed by atoms with Gasteiger partial charge in [-0.2, -0.15) is 8.96 Å². The predicted molar refractivity (Wildman–Crippen MR) is 103 cm³/mol. The van der Waals surface area contributed by atoms with Gasteiger partial charge in [0.2, 0.25) is 16.0 Å². The largest absolute Gasteiger partial charge is 0.348 e.